The lowest BCUT2D eigenvalue weighted by Gasteiger charge is -2.20. The molecule has 0 atom stereocenters. The van der Waals surface area contributed by atoms with Gasteiger partial charge in [-0.05, 0) is 26.0 Å². The van der Waals surface area contributed by atoms with Gasteiger partial charge in [0.2, 0.25) is 0 Å². The van der Waals surface area contributed by atoms with E-state index in [1.807, 2.05) is 0 Å². The maximum atomic E-state index is 13.5. The van der Waals surface area contributed by atoms with Gasteiger partial charge in [-0.25, -0.2) is 8.78 Å². The van der Waals surface area contributed by atoms with Gasteiger partial charge in [0.05, 0.1) is 6.61 Å². The summed E-state index contributed by atoms with van der Waals surface area (Å²) in [4.78, 5) is 0. The van der Waals surface area contributed by atoms with Gasteiger partial charge in [0, 0.05) is 23.8 Å². The fourth-order valence-corrected chi connectivity index (χ4v) is 1.35. The van der Waals surface area contributed by atoms with E-state index in [1.165, 1.54) is 7.11 Å². The average molecular weight is 215 g/mol. The molecule has 0 aliphatic carbocycles. The zero-order valence-electron chi connectivity index (χ0n) is 9.10. The van der Waals surface area contributed by atoms with Crippen molar-refractivity contribution < 1.29 is 13.5 Å². The molecular formula is C11H15F2NO. The van der Waals surface area contributed by atoms with E-state index < -0.39 is 17.2 Å². The smallest absolute Gasteiger partial charge is 0.129 e. The summed E-state index contributed by atoms with van der Waals surface area (Å²) in [7, 11) is 1.43. The number of rotatable bonds is 3. The van der Waals surface area contributed by atoms with Crippen molar-refractivity contribution in [1.82, 2.24) is 0 Å². The number of hydrogen-bond acceptors (Lipinski definition) is 2. The first-order valence-electron chi connectivity index (χ1n) is 4.62. The van der Waals surface area contributed by atoms with E-state index in [4.69, 9.17) is 10.5 Å². The molecule has 0 spiro atoms. The highest BCUT2D eigenvalue weighted by Crippen LogP contribution is 2.23. The van der Waals surface area contributed by atoms with Crippen molar-refractivity contribution in [1.29, 1.82) is 0 Å². The number of benzene rings is 1. The third-order valence-electron chi connectivity index (χ3n) is 2.13. The van der Waals surface area contributed by atoms with Gasteiger partial charge in [-0.3, -0.25) is 0 Å². The highest BCUT2D eigenvalue weighted by Gasteiger charge is 2.21. The van der Waals surface area contributed by atoms with Crippen LogP contribution in [0.25, 0.3) is 0 Å². The van der Waals surface area contributed by atoms with Gasteiger partial charge < -0.3 is 10.5 Å². The fourth-order valence-electron chi connectivity index (χ4n) is 1.35. The summed E-state index contributed by atoms with van der Waals surface area (Å²) in [5, 5.41) is 0. The summed E-state index contributed by atoms with van der Waals surface area (Å²) >= 11 is 0. The Morgan fingerprint density at radius 3 is 2.33 bits per heavy atom. The van der Waals surface area contributed by atoms with Crippen LogP contribution in [0.5, 0.6) is 0 Å². The molecule has 0 aliphatic rings. The van der Waals surface area contributed by atoms with Crippen LogP contribution in [0.3, 0.4) is 0 Å². The van der Waals surface area contributed by atoms with Crippen molar-refractivity contribution in [3.63, 3.8) is 0 Å². The molecule has 2 nitrogen and oxygen atoms in total. The molecule has 2 N–H and O–H groups in total. The Morgan fingerprint density at radius 1 is 1.27 bits per heavy atom. The zero-order chi connectivity index (χ0) is 11.6. The minimum atomic E-state index is -0.892. The van der Waals surface area contributed by atoms with E-state index in [9.17, 15) is 8.78 Å². The number of hydrogen-bond donors (Lipinski definition) is 1. The molecule has 1 aromatic rings. The zero-order valence-corrected chi connectivity index (χ0v) is 9.10. The van der Waals surface area contributed by atoms with Gasteiger partial charge in [0.1, 0.15) is 11.6 Å². The first kappa shape index (κ1) is 12.1. The summed E-state index contributed by atoms with van der Waals surface area (Å²) in [5.41, 5.74) is 5.18. The van der Waals surface area contributed by atoms with Crippen LogP contribution in [0, 0.1) is 11.6 Å². The van der Waals surface area contributed by atoms with Crippen molar-refractivity contribution in [2.45, 2.75) is 26.0 Å². The van der Waals surface area contributed by atoms with Crippen LogP contribution in [-0.4, -0.2) is 7.11 Å². The number of methoxy groups -OCH3 is 1. The molecule has 0 bridgehead atoms. The quantitative estimate of drug-likeness (QED) is 0.839. The SMILES string of the molecule is COCc1cc(F)c(C(C)(C)N)cc1F. The lowest BCUT2D eigenvalue weighted by molar-refractivity contribution is 0.181. The van der Waals surface area contributed by atoms with Gasteiger partial charge in [0.25, 0.3) is 0 Å². The molecule has 1 rings (SSSR count). The maximum absolute atomic E-state index is 13.5. The van der Waals surface area contributed by atoms with E-state index >= 15 is 0 Å². The Hall–Kier alpha value is -1.00. The van der Waals surface area contributed by atoms with Crippen LogP contribution < -0.4 is 5.73 Å². The predicted octanol–water partition coefficient (Wildman–Crippen LogP) is 2.30. The van der Waals surface area contributed by atoms with E-state index in [0.29, 0.717) is 0 Å². The molecule has 0 aromatic heterocycles. The molecule has 0 heterocycles. The largest absolute Gasteiger partial charge is 0.380 e. The molecule has 0 saturated carbocycles. The van der Waals surface area contributed by atoms with Gasteiger partial charge in [0.15, 0.2) is 0 Å². The van der Waals surface area contributed by atoms with Crippen LogP contribution in [0.1, 0.15) is 25.0 Å². The van der Waals surface area contributed by atoms with Crippen LogP contribution in [0.15, 0.2) is 12.1 Å². The summed E-state index contributed by atoms with van der Waals surface area (Å²) < 4.78 is 31.7. The van der Waals surface area contributed by atoms with E-state index in [0.717, 1.165) is 12.1 Å². The molecule has 0 fully saturated rings. The Labute approximate surface area is 88.0 Å². The Morgan fingerprint density at radius 2 is 1.87 bits per heavy atom. The van der Waals surface area contributed by atoms with Gasteiger partial charge >= 0.3 is 0 Å². The number of halogens is 2. The van der Waals surface area contributed by atoms with Crippen LogP contribution in [0.2, 0.25) is 0 Å². The lowest BCUT2D eigenvalue weighted by atomic mass is 9.94. The highest BCUT2D eigenvalue weighted by molar-refractivity contribution is 5.30. The summed E-state index contributed by atoms with van der Waals surface area (Å²) in [6.45, 7) is 3.30. The first-order chi connectivity index (χ1) is 6.86. The molecule has 0 unspecified atom stereocenters. The van der Waals surface area contributed by atoms with E-state index in [-0.39, 0.29) is 17.7 Å². The second kappa shape index (κ2) is 4.24. The summed E-state index contributed by atoms with van der Waals surface area (Å²) in [5.74, 6) is -0.997. The molecule has 0 aliphatic heterocycles. The van der Waals surface area contributed by atoms with Crippen molar-refractivity contribution in [3.05, 3.63) is 34.9 Å². The van der Waals surface area contributed by atoms with E-state index in [1.54, 1.807) is 13.8 Å². The van der Waals surface area contributed by atoms with Gasteiger partial charge in [-0.15, -0.1) is 0 Å². The minimum absolute atomic E-state index is 0.0496. The number of nitrogens with two attached hydrogens (primary N) is 1. The Bertz CT molecular complexity index is 358. The third-order valence-corrected chi connectivity index (χ3v) is 2.13. The van der Waals surface area contributed by atoms with Crippen molar-refractivity contribution in [2.75, 3.05) is 7.11 Å². The van der Waals surface area contributed by atoms with Crippen LogP contribution in [0.4, 0.5) is 8.78 Å². The third kappa shape index (κ3) is 2.73. The molecule has 1 aromatic carbocycles. The van der Waals surface area contributed by atoms with Gasteiger partial charge in [-0.1, -0.05) is 0 Å². The minimum Gasteiger partial charge on any atom is -0.380 e. The van der Waals surface area contributed by atoms with Crippen LogP contribution >= 0.6 is 0 Å². The van der Waals surface area contributed by atoms with Gasteiger partial charge in [-0.2, -0.15) is 0 Å². The molecule has 15 heavy (non-hydrogen) atoms. The summed E-state index contributed by atoms with van der Waals surface area (Å²) in [6, 6.07) is 2.26. The highest BCUT2D eigenvalue weighted by atomic mass is 19.1. The predicted molar refractivity (Wildman–Crippen MR) is 54.3 cm³/mol. The molecule has 4 heteroatoms. The normalized spacial score (nSPS) is 11.9. The fraction of sp³-hybridized carbons (Fsp3) is 0.455. The van der Waals surface area contributed by atoms with Crippen molar-refractivity contribution >= 4 is 0 Å². The van der Waals surface area contributed by atoms with Crippen LogP contribution in [-0.2, 0) is 16.9 Å². The standard InChI is InChI=1S/C11H15F2NO/c1-11(2,14)8-5-9(12)7(6-15-3)4-10(8)13/h4-5H,6,14H2,1-3H3. The Kier molecular flexibility index (Phi) is 3.42. The first-order valence-corrected chi connectivity index (χ1v) is 4.62. The van der Waals surface area contributed by atoms with Crippen molar-refractivity contribution in [3.8, 4) is 0 Å². The van der Waals surface area contributed by atoms with Crippen molar-refractivity contribution in [2.24, 2.45) is 5.73 Å². The average Bonchev–Trinajstić information content (AvgIpc) is 2.09. The number of ether oxygens (including phenoxy) is 1. The topological polar surface area (TPSA) is 35.2 Å². The van der Waals surface area contributed by atoms with E-state index in [2.05, 4.69) is 0 Å². The molecule has 84 valence electrons. The second-order valence-electron chi connectivity index (χ2n) is 4.08. The molecule has 0 radical (unpaired) electrons. The lowest BCUT2D eigenvalue weighted by Crippen LogP contribution is -2.30. The molecular weight excluding hydrogens is 200 g/mol. The molecule has 0 saturated heterocycles. The summed E-state index contributed by atoms with van der Waals surface area (Å²) in [6.07, 6.45) is 0. The Balaban J connectivity index is 3.20. The maximum Gasteiger partial charge on any atom is 0.129 e. The molecule has 0 amide bonds. The second-order valence-corrected chi connectivity index (χ2v) is 4.08. The monoisotopic (exact) mass is 215 g/mol.